The van der Waals surface area contributed by atoms with Gasteiger partial charge in [-0.05, 0) is 11.6 Å². The summed E-state index contributed by atoms with van der Waals surface area (Å²) in [7, 11) is 2.99. The van der Waals surface area contributed by atoms with Gasteiger partial charge in [0, 0.05) is 38.3 Å². The van der Waals surface area contributed by atoms with E-state index in [1.165, 1.54) is 29.8 Å². The molecular formula is C23H20N4O6. The first-order valence-electron chi connectivity index (χ1n) is 10.3. The Morgan fingerprint density at radius 1 is 1.09 bits per heavy atom. The van der Waals surface area contributed by atoms with Crippen LogP contribution >= 0.6 is 0 Å². The molecule has 0 unspecified atom stereocenters. The number of nitro groups is 1. The SMILES string of the molecule is Cn1c(=O)c2c(-c3ccccc3)n3c(c2n(C)c1=O)[C@H](c1cc([N+](=O)[O-])ccc1O)OCC3. The molecule has 10 nitrogen and oxygen atoms in total. The fraction of sp³-hybridized carbons (Fsp3) is 0.217. The van der Waals surface area contributed by atoms with E-state index in [0.717, 1.165) is 10.1 Å². The Morgan fingerprint density at radius 3 is 2.52 bits per heavy atom. The second-order valence-corrected chi connectivity index (χ2v) is 7.93. The summed E-state index contributed by atoms with van der Waals surface area (Å²) in [5.74, 6) is -0.177. The standard InChI is InChI=1S/C23H20N4O6/c1-24-19-17(22(29)25(2)23(24)30)18(13-6-4-3-5-7-13)26-10-11-33-21(20(19)26)15-12-14(27(31)32)8-9-16(15)28/h3-9,12,21,28H,10-11H2,1-2H3/t21-/m0/s1. The van der Waals surface area contributed by atoms with Gasteiger partial charge in [0.25, 0.3) is 11.2 Å². The van der Waals surface area contributed by atoms with E-state index in [4.69, 9.17) is 4.74 Å². The molecule has 0 bridgehead atoms. The molecule has 3 heterocycles. The highest BCUT2D eigenvalue weighted by Crippen LogP contribution is 2.43. The Labute approximate surface area is 186 Å². The summed E-state index contributed by atoms with van der Waals surface area (Å²) in [6.45, 7) is 0.645. The first kappa shape index (κ1) is 20.7. The molecule has 33 heavy (non-hydrogen) atoms. The van der Waals surface area contributed by atoms with E-state index in [2.05, 4.69) is 0 Å². The Hall–Kier alpha value is -4.18. The van der Waals surface area contributed by atoms with Crippen molar-refractivity contribution in [2.45, 2.75) is 12.6 Å². The van der Waals surface area contributed by atoms with Crippen LogP contribution in [0.2, 0.25) is 0 Å². The van der Waals surface area contributed by atoms with Gasteiger partial charge in [0.15, 0.2) is 0 Å². The van der Waals surface area contributed by atoms with Crippen molar-refractivity contribution < 1.29 is 14.8 Å². The molecular weight excluding hydrogens is 428 g/mol. The first-order chi connectivity index (χ1) is 15.8. The number of aromatic hydroxyl groups is 1. The summed E-state index contributed by atoms with van der Waals surface area (Å²) >= 11 is 0. The summed E-state index contributed by atoms with van der Waals surface area (Å²) in [6.07, 6.45) is -0.920. The van der Waals surface area contributed by atoms with Crippen molar-refractivity contribution in [1.82, 2.24) is 13.7 Å². The van der Waals surface area contributed by atoms with Gasteiger partial charge in [-0.3, -0.25) is 24.0 Å². The Bertz CT molecular complexity index is 1550. The second-order valence-electron chi connectivity index (χ2n) is 7.93. The molecule has 2 aromatic heterocycles. The van der Waals surface area contributed by atoms with Gasteiger partial charge in [-0.1, -0.05) is 30.3 Å². The van der Waals surface area contributed by atoms with Gasteiger partial charge in [-0.15, -0.1) is 0 Å². The van der Waals surface area contributed by atoms with Crippen LogP contribution in [0.4, 0.5) is 5.69 Å². The van der Waals surface area contributed by atoms with E-state index in [-0.39, 0.29) is 23.6 Å². The van der Waals surface area contributed by atoms with Crippen molar-refractivity contribution in [2.75, 3.05) is 6.61 Å². The summed E-state index contributed by atoms with van der Waals surface area (Å²) in [6, 6.07) is 13.1. The van der Waals surface area contributed by atoms with Gasteiger partial charge >= 0.3 is 5.69 Å². The van der Waals surface area contributed by atoms with Gasteiger partial charge in [-0.25, -0.2) is 4.79 Å². The fourth-order valence-corrected chi connectivity index (χ4v) is 4.58. The van der Waals surface area contributed by atoms with Crippen molar-refractivity contribution in [1.29, 1.82) is 0 Å². The van der Waals surface area contributed by atoms with Crippen molar-refractivity contribution >= 4 is 16.6 Å². The largest absolute Gasteiger partial charge is 0.508 e. The van der Waals surface area contributed by atoms with Crippen molar-refractivity contribution in [3.8, 4) is 17.0 Å². The van der Waals surface area contributed by atoms with Gasteiger partial charge in [0.05, 0.1) is 33.8 Å². The minimum absolute atomic E-state index is 0.177. The Kier molecular flexibility index (Phi) is 4.68. The summed E-state index contributed by atoms with van der Waals surface area (Å²) < 4.78 is 10.3. The second kappa shape index (κ2) is 7.45. The molecule has 0 amide bonds. The maximum atomic E-state index is 13.3. The zero-order valence-electron chi connectivity index (χ0n) is 17.9. The van der Waals surface area contributed by atoms with Gasteiger partial charge in [0.2, 0.25) is 0 Å². The monoisotopic (exact) mass is 448 g/mol. The van der Waals surface area contributed by atoms with Crippen LogP contribution in [0.3, 0.4) is 0 Å². The van der Waals surface area contributed by atoms with E-state index < -0.39 is 22.3 Å². The van der Waals surface area contributed by atoms with Crippen LogP contribution in [0, 0.1) is 10.1 Å². The summed E-state index contributed by atoms with van der Waals surface area (Å²) in [4.78, 5) is 37.0. The minimum atomic E-state index is -0.920. The number of phenolic OH excluding ortho intramolecular Hbond substituents is 1. The number of ether oxygens (including phenoxy) is 1. The molecule has 2 aromatic carbocycles. The zero-order chi connectivity index (χ0) is 23.4. The maximum Gasteiger partial charge on any atom is 0.331 e. The molecule has 1 aliphatic heterocycles. The predicted molar refractivity (Wildman–Crippen MR) is 120 cm³/mol. The number of non-ortho nitro benzene ring substituents is 1. The number of rotatable bonds is 3. The normalized spacial score (nSPS) is 15.5. The lowest BCUT2D eigenvalue weighted by Crippen LogP contribution is -2.37. The van der Waals surface area contributed by atoms with E-state index in [9.17, 15) is 24.8 Å². The number of fused-ring (bicyclic) bond motifs is 3. The number of hydrogen-bond acceptors (Lipinski definition) is 6. The molecule has 4 aromatic rings. The van der Waals surface area contributed by atoms with Crippen LogP contribution in [0.1, 0.15) is 17.4 Å². The maximum absolute atomic E-state index is 13.3. The number of hydrogen-bond donors (Lipinski definition) is 1. The van der Waals surface area contributed by atoms with E-state index in [1.807, 2.05) is 34.9 Å². The van der Waals surface area contributed by atoms with Crippen LogP contribution in [0.25, 0.3) is 22.2 Å². The van der Waals surface area contributed by atoms with Crippen LogP contribution < -0.4 is 11.2 Å². The molecule has 1 aliphatic rings. The number of benzene rings is 2. The summed E-state index contributed by atoms with van der Waals surface area (Å²) in [5.41, 5.74) is 1.32. The summed E-state index contributed by atoms with van der Waals surface area (Å²) in [5, 5.41) is 22.3. The van der Waals surface area contributed by atoms with Crippen LogP contribution in [-0.4, -0.2) is 30.3 Å². The third kappa shape index (κ3) is 2.99. The van der Waals surface area contributed by atoms with Crippen molar-refractivity contribution in [3.63, 3.8) is 0 Å². The Morgan fingerprint density at radius 2 is 1.82 bits per heavy atom. The van der Waals surface area contributed by atoms with Crippen LogP contribution in [0.5, 0.6) is 5.75 Å². The fourth-order valence-electron chi connectivity index (χ4n) is 4.58. The van der Waals surface area contributed by atoms with Crippen LogP contribution in [-0.2, 0) is 25.4 Å². The third-order valence-electron chi connectivity index (χ3n) is 6.10. The highest BCUT2D eigenvalue weighted by atomic mass is 16.6. The van der Waals surface area contributed by atoms with Gasteiger partial charge < -0.3 is 14.4 Å². The molecule has 1 atom stereocenters. The smallest absolute Gasteiger partial charge is 0.331 e. The lowest BCUT2D eigenvalue weighted by Gasteiger charge is -2.28. The number of nitro benzene ring substituents is 1. The molecule has 168 valence electrons. The lowest BCUT2D eigenvalue weighted by atomic mass is 10.0. The van der Waals surface area contributed by atoms with E-state index in [1.54, 1.807) is 7.05 Å². The Balaban J connectivity index is 1.94. The van der Waals surface area contributed by atoms with Crippen LogP contribution in [0.15, 0.2) is 58.1 Å². The lowest BCUT2D eigenvalue weighted by molar-refractivity contribution is -0.385. The number of aromatic nitrogens is 3. The predicted octanol–water partition coefficient (Wildman–Crippen LogP) is 2.44. The van der Waals surface area contributed by atoms with Gasteiger partial charge in [-0.2, -0.15) is 0 Å². The molecule has 0 radical (unpaired) electrons. The number of aryl methyl sites for hydroxylation is 1. The highest BCUT2D eigenvalue weighted by molar-refractivity contribution is 5.96. The molecule has 5 rings (SSSR count). The van der Waals surface area contributed by atoms with Crippen molar-refractivity contribution in [3.05, 3.63) is 90.7 Å². The molecule has 0 saturated heterocycles. The molecule has 0 aliphatic carbocycles. The number of nitrogens with zero attached hydrogens (tertiary/aromatic N) is 4. The molecule has 0 fully saturated rings. The first-order valence-corrected chi connectivity index (χ1v) is 10.3. The number of phenols is 1. The minimum Gasteiger partial charge on any atom is -0.508 e. The zero-order valence-corrected chi connectivity index (χ0v) is 17.9. The average Bonchev–Trinajstić information content (AvgIpc) is 3.17. The topological polar surface area (TPSA) is 122 Å². The quantitative estimate of drug-likeness (QED) is 0.380. The average molecular weight is 448 g/mol. The van der Waals surface area contributed by atoms with Crippen molar-refractivity contribution in [2.24, 2.45) is 14.1 Å². The molecule has 1 N–H and O–H groups in total. The molecule has 10 heteroatoms. The van der Waals surface area contributed by atoms with Gasteiger partial charge in [0.1, 0.15) is 11.9 Å². The molecule has 0 saturated carbocycles. The van der Waals surface area contributed by atoms with E-state index in [0.29, 0.717) is 28.8 Å². The highest BCUT2D eigenvalue weighted by Gasteiger charge is 2.34. The van der Waals surface area contributed by atoms with E-state index >= 15 is 0 Å². The third-order valence-corrected chi connectivity index (χ3v) is 6.10. The molecule has 0 spiro atoms.